The summed E-state index contributed by atoms with van der Waals surface area (Å²) in [6, 6.07) is 9.55. The first kappa shape index (κ1) is 13.0. The van der Waals surface area contributed by atoms with Gasteiger partial charge in [0, 0.05) is 10.5 Å². The van der Waals surface area contributed by atoms with Gasteiger partial charge in [-0.3, -0.25) is 0 Å². The summed E-state index contributed by atoms with van der Waals surface area (Å²) in [5, 5.41) is 3.75. The summed E-state index contributed by atoms with van der Waals surface area (Å²) in [7, 11) is 0. The van der Waals surface area contributed by atoms with Crippen LogP contribution in [-0.4, -0.2) is 24.1 Å². The Morgan fingerprint density at radius 3 is 2.94 bits per heavy atom. The maximum Gasteiger partial charge on any atom is 0.0178 e. The summed E-state index contributed by atoms with van der Waals surface area (Å²) in [5.41, 5.74) is 1.50. The second-order valence-electron chi connectivity index (χ2n) is 5.56. The van der Waals surface area contributed by atoms with E-state index in [0.717, 1.165) is 17.9 Å². The molecule has 3 rings (SSSR count). The van der Waals surface area contributed by atoms with E-state index in [9.17, 15) is 0 Å². The van der Waals surface area contributed by atoms with Crippen LogP contribution in [0.3, 0.4) is 0 Å². The van der Waals surface area contributed by atoms with E-state index in [2.05, 4.69) is 57.3 Å². The average Bonchev–Trinajstić information content (AvgIpc) is 2.80. The highest BCUT2D eigenvalue weighted by Gasteiger charge is 2.30. The van der Waals surface area contributed by atoms with Crippen molar-refractivity contribution in [1.82, 2.24) is 5.32 Å². The predicted molar refractivity (Wildman–Crippen MR) is 83.3 cm³/mol. The minimum Gasteiger partial charge on any atom is -0.314 e. The first-order chi connectivity index (χ1) is 8.81. The van der Waals surface area contributed by atoms with Crippen LogP contribution in [0.25, 0.3) is 0 Å². The number of nitrogens with one attached hydrogen (secondary N) is 1. The van der Waals surface area contributed by atoms with Gasteiger partial charge in [-0.25, -0.2) is 0 Å². The van der Waals surface area contributed by atoms with E-state index in [0.29, 0.717) is 0 Å². The van der Waals surface area contributed by atoms with E-state index in [1.54, 1.807) is 0 Å². The molecule has 1 atom stereocenters. The fraction of sp³-hybridized carbons (Fsp3) is 0.600. The number of halogens is 1. The number of benzene rings is 1. The van der Waals surface area contributed by atoms with Crippen LogP contribution in [0, 0.1) is 5.92 Å². The van der Waals surface area contributed by atoms with Crippen LogP contribution in [0.15, 0.2) is 28.7 Å². The molecule has 1 aromatic rings. The van der Waals surface area contributed by atoms with Crippen molar-refractivity contribution >= 4 is 27.7 Å². The summed E-state index contributed by atoms with van der Waals surface area (Å²) < 4.78 is 1.21. The van der Waals surface area contributed by atoms with Crippen molar-refractivity contribution in [3.8, 4) is 0 Å². The van der Waals surface area contributed by atoms with E-state index >= 15 is 0 Å². The van der Waals surface area contributed by atoms with E-state index in [4.69, 9.17) is 0 Å². The molecule has 1 aromatic carbocycles. The molecule has 2 fully saturated rings. The van der Waals surface area contributed by atoms with Crippen LogP contribution >= 0.6 is 27.7 Å². The SMILES string of the molecule is Brc1cccc(C2CC(NCC3CCSC3)C2)c1. The molecule has 18 heavy (non-hydrogen) atoms. The summed E-state index contributed by atoms with van der Waals surface area (Å²) in [6.07, 6.45) is 4.05. The zero-order chi connectivity index (χ0) is 12.4. The Labute approximate surface area is 122 Å². The van der Waals surface area contributed by atoms with E-state index < -0.39 is 0 Å². The Hall–Kier alpha value is 0.01000. The molecule has 0 amide bonds. The Morgan fingerprint density at radius 1 is 1.33 bits per heavy atom. The van der Waals surface area contributed by atoms with Crippen LogP contribution in [0.5, 0.6) is 0 Å². The normalized spacial score (nSPS) is 31.3. The van der Waals surface area contributed by atoms with Crippen LogP contribution in [-0.2, 0) is 0 Å². The van der Waals surface area contributed by atoms with Crippen molar-refractivity contribution in [1.29, 1.82) is 0 Å². The first-order valence-corrected chi connectivity index (χ1v) is 8.82. The molecule has 0 aromatic heterocycles. The topological polar surface area (TPSA) is 12.0 Å². The van der Waals surface area contributed by atoms with Gasteiger partial charge in [0.15, 0.2) is 0 Å². The van der Waals surface area contributed by atoms with E-state index in [1.807, 2.05) is 0 Å². The van der Waals surface area contributed by atoms with E-state index in [1.165, 1.54) is 47.3 Å². The third-order valence-electron chi connectivity index (χ3n) is 4.18. The monoisotopic (exact) mass is 325 g/mol. The number of hydrogen-bond donors (Lipinski definition) is 1. The van der Waals surface area contributed by atoms with Crippen LogP contribution in [0.4, 0.5) is 0 Å². The molecule has 1 N–H and O–H groups in total. The van der Waals surface area contributed by atoms with Gasteiger partial charge in [0.05, 0.1) is 0 Å². The van der Waals surface area contributed by atoms with E-state index in [-0.39, 0.29) is 0 Å². The highest BCUT2D eigenvalue weighted by molar-refractivity contribution is 9.10. The highest BCUT2D eigenvalue weighted by atomic mass is 79.9. The summed E-state index contributed by atoms with van der Waals surface area (Å²) in [5.74, 6) is 4.45. The molecule has 2 aliphatic rings. The minimum atomic E-state index is 0.764. The quantitative estimate of drug-likeness (QED) is 0.896. The van der Waals surface area contributed by atoms with Gasteiger partial charge in [0.1, 0.15) is 0 Å². The Bertz CT molecular complexity index is 397. The Morgan fingerprint density at radius 2 is 2.22 bits per heavy atom. The van der Waals surface area contributed by atoms with Crippen molar-refractivity contribution in [3.63, 3.8) is 0 Å². The van der Waals surface area contributed by atoms with Crippen molar-refractivity contribution in [2.24, 2.45) is 5.92 Å². The summed E-state index contributed by atoms with van der Waals surface area (Å²) in [6.45, 7) is 1.24. The molecular formula is C15H20BrNS. The zero-order valence-corrected chi connectivity index (χ0v) is 13.0. The van der Waals surface area contributed by atoms with Crippen molar-refractivity contribution in [3.05, 3.63) is 34.3 Å². The fourth-order valence-corrected chi connectivity index (χ4v) is 4.60. The van der Waals surface area contributed by atoms with Gasteiger partial charge < -0.3 is 5.32 Å². The molecule has 1 nitrogen and oxygen atoms in total. The fourth-order valence-electron chi connectivity index (χ4n) is 2.89. The lowest BCUT2D eigenvalue weighted by molar-refractivity contribution is 0.279. The van der Waals surface area contributed by atoms with Gasteiger partial charge in [0.2, 0.25) is 0 Å². The average molecular weight is 326 g/mol. The van der Waals surface area contributed by atoms with Crippen molar-refractivity contribution in [2.75, 3.05) is 18.1 Å². The van der Waals surface area contributed by atoms with Crippen LogP contribution in [0.1, 0.15) is 30.7 Å². The smallest absolute Gasteiger partial charge is 0.0178 e. The molecule has 0 spiro atoms. The lowest BCUT2D eigenvalue weighted by Gasteiger charge is -2.37. The van der Waals surface area contributed by atoms with Crippen molar-refractivity contribution < 1.29 is 0 Å². The van der Waals surface area contributed by atoms with Crippen LogP contribution < -0.4 is 5.32 Å². The molecule has 1 aliphatic heterocycles. The maximum absolute atomic E-state index is 3.75. The first-order valence-electron chi connectivity index (χ1n) is 6.88. The second kappa shape index (κ2) is 5.98. The third kappa shape index (κ3) is 3.12. The zero-order valence-electron chi connectivity index (χ0n) is 10.6. The Balaban J connectivity index is 1.42. The van der Waals surface area contributed by atoms with Gasteiger partial charge >= 0.3 is 0 Å². The predicted octanol–water partition coefficient (Wildman–Crippen LogP) is 4.04. The van der Waals surface area contributed by atoms with Crippen LogP contribution in [0.2, 0.25) is 0 Å². The van der Waals surface area contributed by atoms with Crippen molar-refractivity contribution in [2.45, 2.75) is 31.2 Å². The van der Waals surface area contributed by atoms with Gasteiger partial charge in [-0.05, 0) is 66.8 Å². The molecule has 1 aliphatic carbocycles. The summed E-state index contributed by atoms with van der Waals surface area (Å²) in [4.78, 5) is 0. The molecule has 98 valence electrons. The van der Waals surface area contributed by atoms with Gasteiger partial charge in [-0.1, -0.05) is 28.1 Å². The lowest BCUT2D eigenvalue weighted by atomic mass is 9.76. The van der Waals surface area contributed by atoms with Gasteiger partial charge in [0.25, 0.3) is 0 Å². The molecule has 0 bridgehead atoms. The summed E-state index contributed by atoms with van der Waals surface area (Å²) >= 11 is 5.67. The molecular weight excluding hydrogens is 306 g/mol. The van der Waals surface area contributed by atoms with Gasteiger partial charge in [-0.15, -0.1) is 0 Å². The Kier molecular flexibility index (Phi) is 4.32. The standard InChI is InChI=1S/C15H20BrNS/c16-14-3-1-2-12(6-14)13-7-15(8-13)17-9-11-4-5-18-10-11/h1-3,6,11,13,15,17H,4-5,7-10H2. The minimum absolute atomic E-state index is 0.764. The largest absolute Gasteiger partial charge is 0.314 e. The molecule has 1 heterocycles. The molecule has 1 saturated carbocycles. The maximum atomic E-state index is 3.75. The lowest BCUT2D eigenvalue weighted by Crippen LogP contribution is -2.42. The molecule has 3 heteroatoms. The number of rotatable bonds is 4. The highest BCUT2D eigenvalue weighted by Crippen LogP contribution is 2.37. The molecule has 0 radical (unpaired) electrons. The third-order valence-corrected chi connectivity index (χ3v) is 5.90. The second-order valence-corrected chi connectivity index (χ2v) is 7.62. The molecule has 1 unspecified atom stereocenters. The molecule has 1 saturated heterocycles. The number of hydrogen-bond acceptors (Lipinski definition) is 2. The number of thioether (sulfide) groups is 1. The van der Waals surface area contributed by atoms with Gasteiger partial charge in [-0.2, -0.15) is 11.8 Å².